The lowest BCUT2D eigenvalue weighted by Crippen LogP contribution is -2.42. The van der Waals surface area contributed by atoms with Gasteiger partial charge >= 0.3 is 0 Å². The third-order valence-electron chi connectivity index (χ3n) is 4.02. The maximum absolute atomic E-state index is 12.5. The van der Waals surface area contributed by atoms with Crippen LogP contribution >= 0.6 is 15.9 Å². The van der Waals surface area contributed by atoms with E-state index in [2.05, 4.69) is 41.4 Å². The average Bonchev–Trinajstić information content (AvgIpc) is 2.40. The summed E-state index contributed by atoms with van der Waals surface area (Å²) in [5, 5.41) is 0. The Balaban J connectivity index is 2.16. The van der Waals surface area contributed by atoms with Gasteiger partial charge in [-0.1, -0.05) is 61.7 Å². The highest BCUT2D eigenvalue weighted by Crippen LogP contribution is 2.27. The summed E-state index contributed by atoms with van der Waals surface area (Å²) in [7, 11) is -3.44. The molecule has 1 aliphatic rings. The third-order valence-corrected chi connectivity index (χ3v) is 6.62. The van der Waals surface area contributed by atoms with Crippen molar-refractivity contribution in [1.82, 2.24) is 4.72 Å². The molecule has 0 amide bonds. The molecule has 1 aliphatic carbocycles. The molecule has 1 fully saturated rings. The fraction of sp³-hybridized carbons (Fsp3) is 0.625. The van der Waals surface area contributed by atoms with E-state index < -0.39 is 10.0 Å². The van der Waals surface area contributed by atoms with Crippen LogP contribution in [-0.2, 0) is 15.4 Å². The van der Waals surface area contributed by atoms with E-state index in [1.807, 2.05) is 12.1 Å². The van der Waals surface area contributed by atoms with Gasteiger partial charge in [-0.25, -0.2) is 13.1 Å². The van der Waals surface area contributed by atoms with Crippen molar-refractivity contribution >= 4 is 26.0 Å². The van der Waals surface area contributed by atoms with Crippen molar-refractivity contribution in [3.05, 3.63) is 29.8 Å². The predicted molar refractivity (Wildman–Crippen MR) is 90.4 cm³/mol. The molecule has 0 heterocycles. The number of halogens is 1. The van der Waals surface area contributed by atoms with Gasteiger partial charge in [0.1, 0.15) is 0 Å². The smallest absolute Gasteiger partial charge is 0.207 e. The number of benzene rings is 1. The quantitative estimate of drug-likeness (QED) is 0.814. The van der Waals surface area contributed by atoms with E-state index >= 15 is 0 Å². The molecule has 0 bridgehead atoms. The molecule has 0 unspecified atom stereocenters. The van der Waals surface area contributed by atoms with Crippen LogP contribution in [0.3, 0.4) is 0 Å². The van der Waals surface area contributed by atoms with Crippen LogP contribution in [0.2, 0.25) is 0 Å². The SMILES string of the molecule is CC(C)(C)c1ccc(S(=O)(=O)N[C@@H]2CCCC[C@H]2Br)cc1. The highest BCUT2D eigenvalue weighted by atomic mass is 79.9. The molecule has 118 valence electrons. The Labute approximate surface area is 136 Å². The Bertz CT molecular complexity index is 575. The minimum Gasteiger partial charge on any atom is -0.207 e. The number of hydrogen-bond acceptors (Lipinski definition) is 2. The summed E-state index contributed by atoms with van der Waals surface area (Å²) in [6, 6.07) is 7.21. The van der Waals surface area contributed by atoms with Crippen molar-refractivity contribution < 1.29 is 8.42 Å². The maximum atomic E-state index is 12.5. The maximum Gasteiger partial charge on any atom is 0.240 e. The van der Waals surface area contributed by atoms with Crippen LogP contribution in [0, 0.1) is 0 Å². The molecule has 0 spiro atoms. The zero-order valence-corrected chi connectivity index (χ0v) is 15.3. The lowest BCUT2D eigenvalue weighted by Gasteiger charge is -2.28. The summed E-state index contributed by atoms with van der Waals surface area (Å²) in [4.78, 5) is 0.579. The van der Waals surface area contributed by atoms with E-state index in [0.29, 0.717) is 4.90 Å². The molecular weight excluding hydrogens is 350 g/mol. The monoisotopic (exact) mass is 373 g/mol. The lowest BCUT2D eigenvalue weighted by atomic mass is 9.87. The highest BCUT2D eigenvalue weighted by Gasteiger charge is 2.28. The van der Waals surface area contributed by atoms with Crippen LogP contribution in [0.25, 0.3) is 0 Å². The molecular formula is C16H24BrNO2S. The average molecular weight is 374 g/mol. The number of sulfonamides is 1. The molecule has 5 heteroatoms. The third kappa shape index (κ3) is 4.30. The molecule has 1 N–H and O–H groups in total. The van der Waals surface area contributed by atoms with Crippen molar-refractivity contribution in [2.45, 2.75) is 67.6 Å². The molecule has 21 heavy (non-hydrogen) atoms. The number of alkyl halides is 1. The van der Waals surface area contributed by atoms with Gasteiger partial charge in [0.25, 0.3) is 0 Å². The van der Waals surface area contributed by atoms with Crippen molar-refractivity contribution in [1.29, 1.82) is 0 Å². The summed E-state index contributed by atoms with van der Waals surface area (Å²) >= 11 is 3.59. The van der Waals surface area contributed by atoms with Gasteiger partial charge in [0.05, 0.1) is 4.90 Å². The van der Waals surface area contributed by atoms with Gasteiger partial charge in [0, 0.05) is 10.9 Å². The molecule has 0 saturated heterocycles. The summed E-state index contributed by atoms with van der Waals surface area (Å²) in [5.74, 6) is 0. The van der Waals surface area contributed by atoms with Crippen LogP contribution in [0.15, 0.2) is 29.2 Å². The number of hydrogen-bond donors (Lipinski definition) is 1. The minimum absolute atomic E-state index is 0.00829. The van der Waals surface area contributed by atoms with Gasteiger partial charge in [-0.2, -0.15) is 0 Å². The molecule has 3 nitrogen and oxygen atoms in total. The van der Waals surface area contributed by atoms with Gasteiger partial charge < -0.3 is 0 Å². The highest BCUT2D eigenvalue weighted by molar-refractivity contribution is 9.09. The second-order valence-electron chi connectivity index (χ2n) is 6.80. The Hall–Kier alpha value is -0.390. The normalized spacial score (nSPS) is 24.0. The Morgan fingerprint density at radius 1 is 1.10 bits per heavy atom. The van der Waals surface area contributed by atoms with Gasteiger partial charge in [0.2, 0.25) is 10.0 Å². The molecule has 1 aromatic carbocycles. The first-order valence-electron chi connectivity index (χ1n) is 7.47. The van der Waals surface area contributed by atoms with Gasteiger partial charge in [-0.3, -0.25) is 0 Å². The Morgan fingerprint density at radius 2 is 1.67 bits per heavy atom. The molecule has 2 atom stereocenters. The summed E-state index contributed by atoms with van der Waals surface area (Å²) in [6.45, 7) is 6.35. The number of nitrogens with one attached hydrogen (secondary N) is 1. The van der Waals surface area contributed by atoms with Crippen LogP contribution in [0.4, 0.5) is 0 Å². The zero-order valence-electron chi connectivity index (χ0n) is 12.9. The molecule has 0 aliphatic heterocycles. The lowest BCUT2D eigenvalue weighted by molar-refractivity contribution is 0.427. The molecule has 1 saturated carbocycles. The first-order valence-corrected chi connectivity index (χ1v) is 9.87. The second kappa shape index (κ2) is 6.39. The molecule has 0 radical (unpaired) electrons. The fourth-order valence-corrected chi connectivity index (χ4v) is 4.83. The van der Waals surface area contributed by atoms with Crippen molar-refractivity contribution in [2.75, 3.05) is 0 Å². The largest absolute Gasteiger partial charge is 0.240 e. The zero-order chi connectivity index (χ0) is 15.7. The Morgan fingerprint density at radius 3 is 2.19 bits per heavy atom. The fourth-order valence-electron chi connectivity index (χ4n) is 2.62. The first-order chi connectivity index (χ1) is 9.70. The molecule has 0 aromatic heterocycles. The van der Waals surface area contributed by atoms with E-state index in [9.17, 15) is 8.42 Å². The minimum atomic E-state index is -3.44. The second-order valence-corrected chi connectivity index (χ2v) is 9.69. The predicted octanol–water partition coefficient (Wildman–Crippen LogP) is 3.97. The first kappa shape index (κ1) is 17.0. The van der Waals surface area contributed by atoms with Crippen LogP contribution < -0.4 is 4.72 Å². The summed E-state index contributed by atoms with van der Waals surface area (Å²) in [6.07, 6.45) is 4.16. The number of rotatable bonds is 3. The standard InChI is InChI=1S/C16H24BrNO2S/c1-16(2,3)12-8-10-13(11-9-12)21(19,20)18-15-7-5-4-6-14(15)17/h8-11,14-15,18H,4-7H2,1-3H3/t14-,15-/m1/s1. The Kier molecular flexibility index (Phi) is 5.16. The topological polar surface area (TPSA) is 46.2 Å². The van der Waals surface area contributed by atoms with Crippen LogP contribution in [0.5, 0.6) is 0 Å². The van der Waals surface area contributed by atoms with Crippen LogP contribution in [0.1, 0.15) is 52.0 Å². The van der Waals surface area contributed by atoms with Crippen molar-refractivity contribution in [3.63, 3.8) is 0 Å². The van der Waals surface area contributed by atoms with E-state index in [0.717, 1.165) is 31.2 Å². The summed E-state index contributed by atoms with van der Waals surface area (Å²) in [5.41, 5.74) is 1.16. The molecule has 2 rings (SSSR count). The van der Waals surface area contributed by atoms with Gasteiger partial charge in [0.15, 0.2) is 0 Å². The molecule has 1 aromatic rings. The van der Waals surface area contributed by atoms with Crippen LogP contribution in [-0.4, -0.2) is 19.3 Å². The van der Waals surface area contributed by atoms with E-state index in [4.69, 9.17) is 0 Å². The van der Waals surface area contributed by atoms with Gasteiger partial charge in [-0.05, 0) is 36.0 Å². The van der Waals surface area contributed by atoms with Gasteiger partial charge in [-0.15, -0.1) is 0 Å². The summed E-state index contributed by atoms with van der Waals surface area (Å²) < 4.78 is 27.8. The van der Waals surface area contributed by atoms with E-state index in [1.165, 1.54) is 0 Å². The van der Waals surface area contributed by atoms with E-state index in [-0.39, 0.29) is 16.3 Å². The van der Waals surface area contributed by atoms with Crippen molar-refractivity contribution in [2.24, 2.45) is 0 Å². The van der Waals surface area contributed by atoms with E-state index in [1.54, 1.807) is 12.1 Å². The van der Waals surface area contributed by atoms with Crippen molar-refractivity contribution in [3.8, 4) is 0 Å².